The second kappa shape index (κ2) is 7.81. The molecule has 3 rings (SSSR count). The topological polar surface area (TPSA) is 66.2 Å². The van der Waals surface area contributed by atoms with Gasteiger partial charge in [-0.2, -0.15) is 0 Å². The zero-order valence-corrected chi connectivity index (χ0v) is 14.2. The molecular weight excluding hydrogens is 310 g/mol. The number of hydrogen-bond acceptors (Lipinski definition) is 6. The summed E-state index contributed by atoms with van der Waals surface area (Å²) in [5.74, 6) is 0.806. The van der Waals surface area contributed by atoms with E-state index in [9.17, 15) is 9.59 Å². The molecule has 1 amide bonds. The van der Waals surface area contributed by atoms with Crippen LogP contribution in [0.3, 0.4) is 0 Å². The molecule has 1 aromatic rings. The molecule has 0 unspecified atom stereocenters. The molecule has 0 bridgehead atoms. The van der Waals surface area contributed by atoms with Gasteiger partial charge in [0, 0.05) is 39.3 Å². The molecule has 2 fully saturated rings. The van der Waals surface area contributed by atoms with Gasteiger partial charge in [0.2, 0.25) is 11.7 Å². The van der Waals surface area contributed by atoms with Crippen molar-refractivity contribution in [1.82, 2.24) is 14.7 Å². The molecule has 2 aliphatic rings. The molecule has 7 heteroatoms. The number of hydrogen-bond donors (Lipinski definition) is 0. The average molecular weight is 335 g/mol. The first-order valence-corrected chi connectivity index (χ1v) is 8.55. The van der Waals surface area contributed by atoms with Gasteiger partial charge in [0.05, 0.1) is 20.2 Å². The standard InChI is InChI=1S/C17H25N3O4/c1-23-17(22)15-5-4-14(24-15)12-18-8-10-19(11-9-18)13-16(21)20-6-2-3-7-20/h4-5H,2-3,6-13H2,1H3. The van der Waals surface area contributed by atoms with Crippen molar-refractivity contribution in [3.05, 3.63) is 23.7 Å². The quantitative estimate of drug-likeness (QED) is 0.742. The Kier molecular flexibility index (Phi) is 5.52. The fraction of sp³-hybridized carbons (Fsp3) is 0.647. The predicted octanol–water partition coefficient (Wildman–Crippen LogP) is 0.806. The van der Waals surface area contributed by atoms with E-state index in [4.69, 9.17) is 4.42 Å². The Morgan fingerprint density at radius 1 is 1.04 bits per heavy atom. The van der Waals surface area contributed by atoms with Gasteiger partial charge in [-0.25, -0.2) is 4.79 Å². The number of nitrogens with zero attached hydrogens (tertiary/aromatic N) is 3. The van der Waals surface area contributed by atoms with Crippen molar-refractivity contribution in [2.75, 3.05) is 52.9 Å². The lowest BCUT2D eigenvalue weighted by Gasteiger charge is -2.34. The average Bonchev–Trinajstić information content (AvgIpc) is 3.27. The summed E-state index contributed by atoms with van der Waals surface area (Å²) in [4.78, 5) is 30.1. The predicted molar refractivity (Wildman–Crippen MR) is 87.6 cm³/mol. The summed E-state index contributed by atoms with van der Waals surface area (Å²) in [6.45, 7) is 6.57. The van der Waals surface area contributed by atoms with Gasteiger partial charge in [0.25, 0.3) is 0 Å². The van der Waals surface area contributed by atoms with Gasteiger partial charge in [0.15, 0.2) is 0 Å². The normalized spacial score (nSPS) is 19.6. The molecular formula is C17H25N3O4. The van der Waals surface area contributed by atoms with Crippen LogP contribution in [0.2, 0.25) is 0 Å². The lowest BCUT2D eigenvalue weighted by molar-refractivity contribution is -0.131. The minimum atomic E-state index is -0.452. The summed E-state index contributed by atoms with van der Waals surface area (Å²) in [5, 5.41) is 0. The number of likely N-dealkylation sites (tertiary alicyclic amines) is 1. The van der Waals surface area contributed by atoms with Crippen LogP contribution >= 0.6 is 0 Å². The summed E-state index contributed by atoms with van der Waals surface area (Å²) < 4.78 is 10.2. The number of methoxy groups -OCH3 is 1. The van der Waals surface area contributed by atoms with Crippen LogP contribution in [0.5, 0.6) is 0 Å². The first-order chi connectivity index (χ1) is 11.7. The van der Waals surface area contributed by atoms with Crippen molar-refractivity contribution in [1.29, 1.82) is 0 Å². The molecule has 0 aromatic carbocycles. The van der Waals surface area contributed by atoms with E-state index in [1.54, 1.807) is 6.07 Å². The molecule has 0 radical (unpaired) electrons. The number of piperazine rings is 1. The maximum Gasteiger partial charge on any atom is 0.373 e. The van der Waals surface area contributed by atoms with Gasteiger partial charge in [-0.1, -0.05) is 0 Å². The second-order valence-electron chi connectivity index (χ2n) is 6.40. The molecule has 2 aliphatic heterocycles. The maximum absolute atomic E-state index is 12.2. The summed E-state index contributed by atoms with van der Waals surface area (Å²) in [7, 11) is 1.34. The highest BCUT2D eigenvalue weighted by Crippen LogP contribution is 2.14. The SMILES string of the molecule is COC(=O)c1ccc(CN2CCN(CC(=O)N3CCCC3)CC2)o1. The van der Waals surface area contributed by atoms with E-state index in [0.29, 0.717) is 13.1 Å². The van der Waals surface area contributed by atoms with Crippen molar-refractivity contribution < 1.29 is 18.7 Å². The molecule has 2 saturated heterocycles. The number of carbonyl (C=O) groups is 2. The van der Waals surface area contributed by atoms with Crippen molar-refractivity contribution in [2.24, 2.45) is 0 Å². The monoisotopic (exact) mass is 335 g/mol. The van der Waals surface area contributed by atoms with Crippen LogP contribution in [0.15, 0.2) is 16.5 Å². The Labute approximate surface area is 142 Å². The number of carbonyl (C=O) groups excluding carboxylic acids is 2. The van der Waals surface area contributed by atoms with E-state index in [0.717, 1.165) is 57.9 Å². The summed E-state index contributed by atoms with van der Waals surface area (Å²) in [6.07, 6.45) is 2.27. The number of amides is 1. The third-order valence-corrected chi connectivity index (χ3v) is 4.71. The fourth-order valence-electron chi connectivity index (χ4n) is 3.26. The molecule has 0 saturated carbocycles. The van der Waals surface area contributed by atoms with Crippen molar-refractivity contribution in [3.63, 3.8) is 0 Å². The van der Waals surface area contributed by atoms with E-state index in [1.165, 1.54) is 7.11 Å². The van der Waals surface area contributed by atoms with Crippen molar-refractivity contribution in [2.45, 2.75) is 19.4 Å². The molecule has 0 N–H and O–H groups in total. The fourth-order valence-corrected chi connectivity index (χ4v) is 3.26. The Bertz CT molecular complexity index is 572. The minimum Gasteiger partial charge on any atom is -0.463 e. The van der Waals surface area contributed by atoms with Gasteiger partial charge in [0.1, 0.15) is 5.76 Å². The largest absolute Gasteiger partial charge is 0.463 e. The maximum atomic E-state index is 12.2. The first-order valence-electron chi connectivity index (χ1n) is 8.55. The smallest absolute Gasteiger partial charge is 0.373 e. The van der Waals surface area contributed by atoms with E-state index in [1.807, 2.05) is 11.0 Å². The zero-order chi connectivity index (χ0) is 16.9. The molecule has 3 heterocycles. The van der Waals surface area contributed by atoms with Gasteiger partial charge < -0.3 is 14.1 Å². The number of rotatable bonds is 5. The summed E-state index contributed by atoms with van der Waals surface area (Å²) in [5.41, 5.74) is 0. The second-order valence-corrected chi connectivity index (χ2v) is 6.40. The lowest BCUT2D eigenvalue weighted by Crippen LogP contribution is -2.49. The van der Waals surface area contributed by atoms with E-state index in [-0.39, 0.29) is 11.7 Å². The van der Waals surface area contributed by atoms with E-state index in [2.05, 4.69) is 14.5 Å². The molecule has 1 aromatic heterocycles. The summed E-state index contributed by atoms with van der Waals surface area (Å²) >= 11 is 0. The van der Waals surface area contributed by atoms with Crippen LogP contribution < -0.4 is 0 Å². The number of esters is 1. The molecule has 0 spiro atoms. The van der Waals surface area contributed by atoms with Crippen LogP contribution in [0.1, 0.15) is 29.2 Å². The Hall–Kier alpha value is -1.86. The Morgan fingerprint density at radius 2 is 1.71 bits per heavy atom. The Balaban J connectivity index is 1.42. The van der Waals surface area contributed by atoms with Crippen LogP contribution in [-0.2, 0) is 16.1 Å². The highest BCUT2D eigenvalue weighted by molar-refractivity contribution is 5.86. The van der Waals surface area contributed by atoms with Gasteiger partial charge in [-0.15, -0.1) is 0 Å². The first kappa shape index (κ1) is 17.0. The highest BCUT2D eigenvalue weighted by atomic mass is 16.5. The Morgan fingerprint density at radius 3 is 2.38 bits per heavy atom. The minimum absolute atomic E-state index is 0.238. The zero-order valence-electron chi connectivity index (χ0n) is 14.2. The van der Waals surface area contributed by atoms with Crippen molar-refractivity contribution in [3.8, 4) is 0 Å². The van der Waals surface area contributed by atoms with Gasteiger partial charge in [-0.05, 0) is 25.0 Å². The van der Waals surface area contributed by atoms with Gasteiger partial charge >= 0.3 is 5.97 Å². The lowest BCUT2D eigenvalue weighted by atomic mass is 10.3. The molecule has 24 heavy (non-hydrogen) atoms. The van der Waals surface area contributed by atoms with E-state index >= 15 is 0 Å². The highest BCUT2D eigenvalue weighted by Gasteiger charge is 2.24. The van der Waals surface area contributed by atoms with Crippen LogP contribution in [-0.4, -0.2) is 79.5 Å². The number of ether oxygens (including phenoxy) is 1. The third kappa shape index (κ3) is 4.15. The molecule has 0 aliphatic carbocycles. The van der Waals surface area contributed by atoms with Crippen LogP contribution in [0.25, 0.3) is 0 Å². The van der Waals surface area contributed by atoms with Crippen LogP contribution in [0.4, 0.5) is 0 Å². The molecule has 0 atom stereocenters. The van der Waals surface area contributed by atoms with E-state index < -0.39 is 5.97 Å². The number of furan rings is 1. The van der Waals surface area contributed by atoms with Gasteiger partial charge in [-0.3, -0.25) is 14.6 Å². The third-order valence-electron chi connectivity index (χ3n) is 4.71. The van der Waals surface area contributed by atoms with Crippen molar-refractivity contribution >= 4 is 11.9 Å². The summed E-state index contributed by atoms with van der Waals surface area (Å²) in [6, 6.07) is 3.46. The molecule has 7 nitrogen and oxygen atoms in total. The molecule has 132 valence electrons. The van der Waals surface area contributed by atoms with Crippen LogP contribution in [0, 0.1) is 0 Å².